The Labute approximate surface area is 94.4 Å². The summed E-state index contributed by atoms with van der Waals surface area (Å²) in [7, 11) is -7.52. The standard InChI is InChI=1S/C6H16OSi.CHF3O3S/c1-4-5-6-8(2,3)7;2-1(3,4)8(5,6)7/h7H,4-6H2,1-3H3;(H,5,6,7). The van der Waals surface area contributed by atoms with Crippen molar-refractivity contribution >= 4 is 18.4 Å². The SMILES string of the molecule is CCCC[Si](C)(C)O.O=S(=O)(O)C(F)(F)F. The zero-order valence-corrected chi connectivity index (χ0v) is 11.2. The first-order valence-corrected chi connectivity index (χ1v) is 9.17. The van der Waals surface area contributed by atoms with Crippen LogP contribution < -0.4 is 0 Å². The van der Waals surface area contributed by atoms with Crippen LogP contribution in [0, 0.1) is 0 Å². The van der Waals surface area contributed by atoms with Crippen molar-refractivity contribution in [3.63, 3.8) is 0 Å². The third-order valence-electron chi connectivity index (χ3n) is 1.43. The zero-order valence-electron chi connectivity index (χ0n) is 9.37. The first-order valence-electron chi connectivity index (χ1n) is 4.57. The molecular formula is C7H17F3O4SSi. The molecule has 0 unspecified atom stereocenters. The van der Waals surface area contributed by atoms with Crippen molar-refractivity contribution in [3.8, 4) is 0 Å². The second-order valence-electron chi connectivity index (χ2n) is 3.84. The van der Waals surface area contributed by atoms with E-state index in [1.165, 1.54) is 12.8 Å². The Morgan fingerprint density at radius 3 is 1.62 bits per heavy atom. The molecular weight excluding hydrogens is 265 g/mol. The van der Waals surface area contributed by atoms with Gasteiger partial charge in [-0.05, 0) is 19.1 Å². The molecule has 16 heavy (non-hydrogen) atoms. The lowest BCUT2D eigenvalue weighted by molar-refractivity contribution is -0.0510. The number of halogens is 3. The van der Waals surface area contributed by atoms with Crippen molar-refractivity contribution in [1.82, 2.24) is 0 Å². The molecule has 2 N–H and O–H groups in total. The third-order valence-corrected chi connectivity index (χ3v) is 3.60. The van der Waals surface area contributed by atoms with E-state index in [2.05, 4.69) is 6.92 Å². The zero-order chi connectivity index (χ0) is 13.6. The molecule has 0 spiro atoms. The predicted molar refractivity (Wildman–Crippen MR) is 57.0 cm³/mol. The van der Waals surface area contributed by atoms with E-state index in [0.717, 1.165) is 6.04 Å². The minimum absolute atomic E-state index is 1.06. The Kier molecular flexibility index (Phi) is 7.50. The van der Waals surface area contributed by atoms with Gasteiger partial charge in [-0.2, -0.15) is 21.6 Å². The highest BCUT2D eigenvalue weighted by Crippen LogP contribution is 2.20. The molecule has 0 fully saturated rings. The molecule has 0 aliphatic rings. The van der Waals surface area contributed by atoms with Gasteiger partial charge in [0.1, 0.15) is 0 Å². The second-order valence-corrected chi connectivity index (χ2v) is 9.37. The summed E-state index contributed by atoms with van der Waals surface area (Å²) in [6, 6.07) is 1.06. The summed E-state index contributed by atoms with van der Waals surface area (Å²) >= 11 is 0. The topological polar surface area (TPSA) is 74.6 Å². The average Bonchev–Trinajstić information content (AvgIpc) is 1.96. The lowest BCUT2D eigenvalue weighted by atomic mass is 10.4. The Morgan fingerprint density at radius 1 is 1.25 bits per heavy atom. The summed E-state index contributed by atoms with van der Waals surface area (Å²) in [5, 5.41) is 0. The van der Waals surface area contributed by atoms with Crippen molar-refractivity contribution in [1.29, 1.82) is 0 Å². The quantitative estimate of drug-likeness (QED) is 0.473. The molecule has 100 valence electrons. The molecule has 0 rings (SSSR count). The van der Waals surface area contributed by atoms with Gasteiger partial charge in [-0.3, -0.25) is 4.55 Å². The van der Waals surface area contributed by atoms with Crippen LogP contribution in [-0.4, -0.2) is 31.6 Å². The van der Waals surface area contributed by atoms with Crippen LogP contribution in [0.25, 0.3) is 0 Å². The molecule has 0 saturated heterocycles. The lowest BCUT2D eigenvalue weighted by Gasteiger charge is -2.11. The van der Waals surface area contributed by atoms with Gasteiger partial charge in [0, 0.05) is 0 Å². The molecule has 0 aromatic rings. The molecule has 0 aromatic carbocycles. The van der Waals surface area contributed by atoms with Gasteiger partial charge in [0.05, 0.1) is 0 Å². The summed E-state index contributed by atoms with van der Waals surface area (Å²) in [4.78, 5) is 9.29. The van der Waals surface area contributed by atoms with Crippen molar-refractivity contribution in [2.24, 2.45) is 0 Å². The molecule has 0 radical (unpaired) electrons. The van der Waals surface area contributed by atoms with Crippen LogP contribution in [-0.2, 0) is 10.1 Å². The van der Waals surface area contributed by atoms with Crippen LogP contribution in [0.4, 0.5) is 13.2 Å². The van der Waals surface area contributed by atoms with Crippen LogP contribution in [0.15, 0.2) is 0 Å². The highest BCUT2D eigenvalue weighted by molar-refractivity contribution is 7.86. The van der Waals surface area contributed by atoms with E-state index in [0.29, 0.717) is 0 Å². The fourth-order valence-electron chi connectivity index (χ4n) is 0.609. The number of alkyl halides is 3. The van der Waals surface area contributed by atoms with Gasteiger partial charge < -0.3 is 4.80 Å². The lowest BCUT2D eigenvalue weighted by Crippen LogP contribution is -2.23. The number of unbranched alkanes of at least 4 members (excludes halogenated alkanes) is 1. The monoisotopic (exact) mass is 282 g/mol. The van der Waals surface area contributed by atoms with Crippen LogP contribution in [0.1, 0.15) is 19.8 Å². The van der Waals surface area contributed by atoms with Crippen LogP contribution in [0.3, 0.4) is 0 Å². The summed E-state index contributed by atoms with van der Waals surface area (Å²) < 4.78 is 57.5. The van der Waals surface area contributed by atoms with E-state index in [1.807, 2.05) is 13.1 Å². The smallest absolute Gasteiger partial charge is 0.432 e. The van der Waals surface area contributed by atoms with Crippen molar-refractivity contribution in [3.05, 3.63) is 0 Å². The molecule has 9 heteroatoms. The van der Waals surface area contributed by atoms with Gasteiger partial charge in [0.25, 0.3) is 0 Å². The summed E-state index contributed by atoms with van der Waals surface area (Å²) in [6.45, 7) is 6.13. The van der Waals surface area contributed by atoms with Gasteiger partial charge in [0.15, 0.2) is 8.32 Å². The van der Waals surface area contributed by atoms with Crippen molar-refractivity contribution in [2.75, 3.05) is 0 Å². The maximum Gasteiger partial charge on any atom is 0.522 e. The van der Waals surface area contributed by atoms with E-state index < -0.39 is 23.9 Å². The van der Waals surface area contributed by atoms with Gasteiger partial charge >= 0.3 is 15.6 Å². The third kappa shape index (κ3) is 11.9. The van der Waals surface area contributed by atoms with Gasteiger partial charge in [-0.15, -0.1) is 0 Å². The minimum Gasteiger partial charge on any atom is -0.432 e. The van der Waals surface area contributed by atoms with Gasteiger partial charge in [-0.1, -0.05) is 19.8 Å². The molecule has 0 aromatic heterocycles. The summed E-state index contributed by atoms with van der Waals surface area (Å²) in [5.41, 5.74) is -5.53. The number of hydrogen-bond donors (Lipinski definition) is 2. The first kappa shape index (κ1) is 18.2. The van der Waals surface area contributed by atoms with Crippen LogP contribution in [0.2, 0.25) is 19.1 Å². The van der Waals surface area contributed by atoms with E-state index >= 15 is 0 Å². The Hall–Kier alpha value is -0.123. The summed E-state index contributed by atoms with van der Waals surface area (Å²) in [6.07, 6.45) is 2.40. The van der Waals surface area contributed by atoms with Crippen molar-refractivity contribution in [2.45, 2.75) is 44.4 Å². The second kappa shape index (κ2) is 6.57. The number of hydrogen-bond acceptors (Lipinski definition) is 3. The molecule has 4 nitrogen and oxygen atoms in total. The fraction of sp³-hybridized carbons (Fsp3) is 1.00. The van der Waals surface area contributed by atoms with Crippen molar-refractivity contribution < 1.29 is 30.9 Å². The summed E-state index contributed by atoms with van der Waals surface area (Å²) in [5.74, 6) is 0. The average molecular weight is 282 g/mol. The Balaban J connectivity index is 0. The van der Waals surface area contributed by atoms with E-state index in [4.69, 9.17) is 13.0 Å². The molecule has 0 amide bonds. The molecule has 0 atom stereocenters. The van der Waals surface area contributed by atoms with Crippen LogP contribution >= 0.6 is 0 Å². The Bertz CT molecular complexity index is 281. The van der Waals surface area contributed by atoms with Gasteiger partial charge in [0.2, 0.25) is 0 Å². The number of rotatable bonds is 3. The molecule has 0 aliphatic heterocycles. The van der Waals surface area contributed by atoms with Gasteiger partial charge in [-0.25, -0.2) is 0 Å². The molecule has 0 bridgehead atoms. The first-order chi connectivity index (χ1) is 6.81. The normalized spacial score (nSPS) is 13.0. The predicted octanol–water partition coefficient (Wildman–Crippen LogP) is 2.38. The molecule has 0 saturated carbocycles. The minimum atomic E-state index is -5.84. The highest BCUT2D eigenvalue weighted by Gasteiger charge is 2.44. The maximum atomic E-state index is 10.7. The highest BCUT2D eigenvalue weighted by atomic mass is 32.2. The van der Waals surface area contributed by atoms with E-state index in [-0.39, 0.29) is 0 Å². The molecule has 0 aliphatic carbocycles. The molecule has 0 heterocycles. The fourth-order valence-corrected chi connectivity index (χ4v) is 1.83. The van der Waals surface area contributed by atoms with E-state index in [9.17, 15) is 18.0 Å². The van der Waals surface area contributed by atoms with E-state index in [1.54, 1.807) is 0 Å². The maximum absolute atomic E-state index is 10.7. The Morgan fingerprint density at radius 2 is 1.56 bits per heavy atom. The van der Waals surface area contributed by atoms with Crippen LogP contribution in [0.5, 0.6) is 0 Å². The largest absolute Gasteiger partial charge is 0.522 e.